The van der Waals surface area contributed by atoms with Crippen molar-refractivity contribution >= 4 is 47.1 Å². The zero-order valence-electron chi connectivity index (χ0n) is 15.0. The number of aryl methyl sites for hydroxylation is 1. The third-order valence-corrected chi connectivity index (χ3v) is 8.64. The van der Waals surface area contributed by atoms with E-state index in [1.807, 2.05) is 12.1 Å². The van der Waals surface area contributed by atoms with Crippen LogP contribution in [0.5, 0.6) is 0 Å². The fourth-order valence-electron chi connectivity index (χ4n) is 2.56. The minimum atomic E-state index is -3.72. The van der Waals surface area contributed by atoms with Gasteiger partial charge in [-0.3, -0.25) is 4.72 Å². The first-order chi connectivity index (χ1) is 12.7. The van der Waals surface area contributed by atoms with Gasteiger partial charge in [0.2, 0.25) is 14.2 Å². The standard InChI is InChI=1S/C18H20N2O4S3/c1-3-5-13-6-9-15(10-7-13)27(23,24)20-14-8-11-16-17(12-14)25-18(19-16)26(21,22)4-2/h6-12,20H,3-5H2,1-2H3. The first kappa shape index (κ1) is 19.8. The van der Waals surface area contributed by atoms with Crippen molar-refractivity contribution in [3.63, 3.8) is 0 Å². The van der Waals surface area contributed by atoms with Gasteiger partial charge in [-0.25, -0.2) is 21.8 Å². The van der Waals surface area contributed by atoms with Crippen LogP contribution in [0.1, 0.15) is 25.8 Å². The maximum atomic E-state index is 12.6. The molecule has 0 radical (unpaired) electrons. The zero-order chi connectivity index (χ0) is 19.7. The summed E-state index contributed by atoms with van der Waals surface area (Å²) < 4.78 is 52.4. The molecule has 27 heavy (non-hydrogen) atoms. The van der Waals surface area contributed by atoms with Crippen LogP contribution in [0.3, 0.4) is 0 Å². The highest BCUT2D eigenvalue weighted by Gasteiger charge is 2.19. The van der Waals surface area contributed by atoms with E-state index in [0.29, 0.717) is 15.9 Å². The summed E-state index contributed by atoms with van der Waals surface area (Å²) in [6.07, 6.45) is 1.90. The summed E-state index contributed by atoms with van der Waals surface area (Å²) >= 11 is 1.04. The first-order valence-electron chi connectivity index (χ1n) is 8.50. The van der Waals surface area contributed by atoms with Crippen molar-refractivity contribution < 1.29 is 16.8 Å². The Balaban J connectivity index is 1.89. The largest absolute Gasteiger partial charge is 0.280 e. The van der Waals surface area contributed by atoms with Crippen LogP contribution < -0.4 is 4.72 Å². The van der Waals surface area contributed by atoms with E-state index >= 15 is 0 Å². The average Bonchev–Trinajstić information content (AvgIpc) is 3.06. The van der Waals surface area contributed by atoms with E-state index in [9.17, 15) is 16.8 Å². The van der Waals surface area contributed by atoms with Crippen molar-refractivity contribution in [3.05, 3.63) is 48.0 Å². The fraction of sp³-hybridized carbons (Fsp3) is 0.278. The number of aromatic nitrogens is 1. The van der Waals surface area contributed by atoms with Gasteiger partial charge in [0.05, 0.1) is 26.6 Å². The normalized spacial score (nSPS) is 12.4. The van der Waals surface area contributed by atoms with Gasteiger partial charge in [-0.05, 0) is 42.3 Å². The van der Waals surface area contributed by atoms with Crippen molar-refractivity contribution in [1.82, 2.24) is 4.98 Å². The van der Waals surface area contributed by atoms with Crippen LogP contribution in [0.25, 0.3) is 10.2 Å². The minimum absolute atomic E-state index is 0.0274. The number of sulfone groups is 1. The van der Waals surface area contributed by atoms with E-state index in [0.717, 1.165) is 29.7 Å². The van der Waals surface area contributed by atoms with Gasteiger partial charge in [0.1, 0.15) is 0 Å². The molecule has 0 saturated heterocycles. The molecular formula is C18H20N2O4S3. The molecule has 0 spiro atoms. The minimum Gasteiger partial charge on any atom is -0.280 e. The Morgan fingerprint density at radius 3 is 2.33 bits per heavy atom. The number of nitrogens with zero attached hydrogens (tertiary/aromatic N) is 1. The van der Waals surface area contributed by atoms with Gasteiger partial charge in [0.15, 0.2) is 0 Å². The summed E-state index contributed by atoms with van der Waals surface area (Å²) in [6.45, 7) is 3.63. The van der Waals surface area contributed by atoms with Crippen LogP contribution in [-0.4, -0.2) is 27.6 Å². The first-order valence-corrected chi connectivity index (χ1v) is 12.5. The molecule has 3 rings (SSSR count). The molecule has 0 saturated carbocycles. The molecule has 0 bridgehead atoms. The molecule has 1 heterocycles. The molecule has 0 unspecified atom stereocenters. The Morgan fingerprint density at radius 1 is 1.00 bits per heavy atom. The van der Waals surface area contributed by atoms with Gasteiger partial charge in [-0.2, -0.15) is 0 Å². The van der Waals surface area contributed by atoms with Crippen LogP contribution in [0.15, 0.2) is 51.7 Å². The topological polar surface area (TPSA) is 93.2 Å². The molecule has 0 amide bonds. The monoisotopic (exact) mass is 424 g/mol. The number of anilines is 1. The second kappa shape index (κ2) is 7.57. The summed E-state index contributed by atoms with van der Waals surface area (Å²) in [5.74, 6) is -0.0274. The predicted molar refractivity (Wildman–Crippen MR) is 109 cm³/mol. The smallest absolute Gasteiger partial charge is 0.261 e. The molecule has 1 N–H and O–H groups in total. The molecule has 3 aromatic rings. The molecule has 0 aliphatic rings. The molecule has 2 aromatic carbocycles. The molecule has 0 fully saturated rings. The van der Waals surface area contributed by atoms with Gasteiger partial charge in [-0.15, -0.1) is 11.3 Å². The van der Waals surface area contributed by atoms with Crippen molar-refractivity contribution in [2.45, 2.75) is 35.9 Å². The van der Waals surface area contributed by atoms with Gasteiger partial charge >= 0.3 is 0 Å². The van der Waals surface area contributed by atoms with E-state index < -0.39 is 19.9 Å². The van der Waals surface area contributed by atoms with Crippen molar-refractivity contribution in [2.24, 2.45) is 0 Å². The zero-order valence-corrected chi connectivity index (χ0v) is 17.4. The van der Waals surface area contributed by atoms with Gasteiger partial charge in [0.25, 0.3) is 10.0 Å². The Hall–Kier alpha value is -1.97. The fourth-order valence-corrected chi connectivity index (χ4v) is 5.96. The predicted octanol–water partition coefficient (Wildman–Crippen LogP) is 3.84. The molecule has 9 heteroatoms. The molecule has 1 aromatic heterocycles. The highest BCUT2D eigenvalue weighted by molar-refractivity contribution is 7.93. The third-order valence-electron chi connectivity index (χ3n) is 4.04. The maximum Gasteiger partial charge on any atom is 0.261 e. The van der Waals surface area contributed by atoms with Crippen molar-refractivity contribution in [1.29, 1.82) is 0 Å². The molecule has 0 aliphatic carbocycles. The van der Waals surface area contributed by atoms with Gasteiger partial charge in [-0.1, -0.05) is 32.4 Å². The summed E-state index contributed by atoms with van der Waals surface area (Å²) in [5.41, 5.74) is 1.98. The van der Waals surface area contributed by atoms with Crippen LogP contribution in [-0.2, 0) is 26.3 Å². The third kappa shape index (κ3) is 4.31. The second-order valence-electron chi connectivity index (χ2n) is 6.07. The van der Waals surface area contributed by atoms with Gasteiger partial charge in [0, 0.05) is 0 Å². The Kier molecular flexibility index (Phi) is 5.55. The number of benzene rings is 2. The SMILES string of the molecule is CCCc1ccc(S(=O)(=O)Nc2ccc3nc(S(=O)(=O)CC)sc3c2)cc1. The van der Waals surface area contributed by atoms with Crippen molar-refractivity contribution in [2.75, 3.05) is 10.5 Å². The Bertz CT molecular complexity index is 1170. The quantitative estimate of drug-likeness (QED) is 0.622. The lowest BCUT2D eigenvalue weighted by atomic mass is 10.1. The summed E-state index contributed by atoms with van der Waals surface area (Å²) in [5, 5.41) is 0. The molecule has 0 aliphatic heterocycles. The average molecular weight is 425 g/mol. The summed E-state index contributed by atoms with van der Waals surface area (Å²) in [6, 6.07) is 11.6. The Labute approximate surface area is 163 Å². The van der Waals surface area contributed by atoms with E-state index in [1.54, 1.807) is 37.3 Å². The number of sulfonamides is 1. The highest BCUT2D eigenvalue weighted by atomic mass is 32.2. The van der Waals surface area contributed by atoms with E-state index in [-0.39, 0.29) is 15.0 Å². The van der Waals surface area contributed by atoms with Gasteiger partial charge < -0.3 is 0 Å². The number of hydrogen-bond donors (Lipinski definition) is 1. The van der Waals surface area contributed by atoms with Crippen LogP contribution in [0, 0.1) is 0 Å². The molecular weight excluding hydrogens is 404 g/mol. The number of thiazole rings is 1. The molecule has 0 atom stereocenters. The molecule has 144 valence electrons. The maximum absolute atomic E-state index is 12.6. The number of rotatable bonds is 7. The second-order valence-corrected chi connectivity index (χ2v) is 11.2. The van der Waals surface area contributed by atoms with E-state index in [1.165, 1.54) is 0 Å². The van der Waals surface area contributed by atoms with Crippen LogP contribution in [0.4, 0.5) is 5.69 Å². The lowest BCUT2D eigenvalue weighted by molar-refractivity contribution is 0.596. The Morgan fingerprint density at radius 2 is 1.70 bits per heavy atom. The number of fused-ring (bicyclic) bond motifs is 1. The lowest BCUT2D eigenvalue weighted by Gasteiger charge is -2.08. The summed E-state index contributed by atoms with van der Waals surface area (Å²) in [4.78, 5) is 4.31. The van der Waals surface area contributed by atoms with E-state index in [2.05, 4.69) is 16.6 Å². The van der Waals surface area contributed by atoms with E-state index in [4.69, 9.17) is 0 Å². The van der Waals surface area contributed by atoms with Crippen LogP contribution in [0.2, 0.25) is 0 Å². The molecule has 6 nitrogen and oxygen atoms in total. The number of nitrogens with one attached hydrogen (secondary N) is 1. The summed E-state index contributed by atoms with van der Waals surface area (Å²) in [7, 11) is -7.12. The lowest BCUT2D eigenvalue weighted by Crippen LogP contribution is -2.12. The highest BCUT2D eigenvalue weighted by Crippen LogP contribution is 2.29. The van der Waals surface area contributed by atoms with Crippen LogP contribution >= 0.6 is 11.3 Å². The number of hydrogen-bond acceptors (Lipinski definition) is 6. The van der Waals surface area contributed by atoms with Crippen molar-refractivity contribution in [3.8, 4) is 0 Å².